The number of hydrogen-bond acceptors (Lipinski definition) is 4. The molecule has 28 heavy (non-hydrogen) atoms. The number of hydrogen-bond donors (Lipinski definition) is 1. The normalized spacial score (nSPS) is 24.2. The van der Waals surface area contributed by atoms with E-state index in [-0.39, 0.29) is 36.5 Å². The molecule has 8 heteroatoms. The maximum absolute atomic E-state index is 12.8. The molecule has 2 atom stereocenters. The molecule has 0 bridgehead atoms. The SMILES string of the molecule is CC1CN(C(=O)C2CCN(CC(=O)Nc3cc(Cl)ccc3Cl)CC2)CC(C)O1. The summed E-state index contributed by atoms with van der Waals surface area (Å²) in [6.07, 6.45) is 1.69. The number of ether oxygens (including phenoxy) is 1. The van der Waals surface area contributed by atoms with E-state index in [0.29, 0.717) is 28.8 Å². The van der Waals surface area contributed by atoms with Crippen LogP contribution in [0.5, 0.6) is 0 Å². The maximum Gasteiger partial charge on any atom is 0.238 e. The minimum atomic E-state index is -0.134. The molecule has 154 valence electrons. The summed E-state index contributed by atoms with van der Waals surface area (Å²) in [7, 11) is 0. The number of nitrogens with zero attached hydrogens (tertiary/aromatic N) is 2. The van der Waals surface area contributed by atoms with Crippen molar-refractivity contribution in [1.29, 1.82) is 0 Å². The smallest absolute Gasteiger partial charge is 0.238 e. The summed E-state index contributed by atoms with van der Waals surface area (Å²) < 4.78 is 5.72. The van der Waals surface area contributed by atoms with Crippen LogP contribution in [-0.2, 0) is 14.3 Å². The van der Waals surface area contributed by atoms with Gasteiger partial charge in [0.25, 0.3) is 0 Å². The minimum absolute atomic E-state index is 0.0270. The minimum Gasteiger partial charge on any atom is -0.372 e. The Balaban J connectivity index is 1.46. The Kier molecular flexibility index (Phi) is 7.20. The molecule has 1 aromatic rings. The van der Waals surface area contributed by atoms with Crippen LogP contribution >= 0.6 is 23.2 Å². The van der Waals surface area contributed by atoms with Crippen molar-refractivity contribution >= 4 is 40.7 Å². The van der Waals surface area contributed by atoms with Gasteiger partial charge >= 0.3 is 0 Å². The van der Waals surface area contributed by atoms with Crippen molar-refractivity contribution < 1.29 is 14.3 Å². The molecule has 0 spiro atoms. The number of halogens is 2. The molecule has 2 amide bonds. The predicted molar refractivity (Wildman–Crippen MR) is 111 cm³/mol. The highest BCUT2D eigenvalue weighted by Gasteiger charge is 2.32. The topological polar surface area (TPSA) is 61.9 Å². The third-order valence-corrected chi connectivity index (χ3v) is 5.80. The molecule has 1 N–H and O–H groups in total. The molecule has 2 saturated heterocycles. The average Bonchev–Trinajstić information content (AvgIpc) is 2.64. The summed E-state index contributed by atoms with van der Waals surface area (Å²) in [5.41, 5.74) is 0.514. The molecule has 2 fully saturated rings. The van der Waals surface area contributed by atoms with E-state index >= 15 is 0 Å². The number of benzene rings is 1. The third kappa shape index (κ3) is 5.60. The van der Waals surface area contributed by atoms with Gasteiger partial charge in [-0.3, -0.25) is 14.5 Å². The highest BCUT2D eigenvalue weighted by atomic mass is 35.5. The highest BCUT2D eigenvalue weighted by molar-refractivity contribution is 6.35. The first-order valence-electron chi connectivity index (χ1n) is 9.73. The van der Waals surface area contributed by atoms with Crippen molar-refractivity contribution in [1.82, 2.24) is 9.80 Å². The summed E-state index contributed by atoms with van der Waals surface area (Å²) in [5.74, 6) is 0.112. The fraction of sp³-hybridized carbons (Fsp3) is 0.600. The Labute approximate surface area is 176 Å². The van der Waals surface area contributed by atoms with Gasteiger partial charge in [0.2, 0.25) is 11.8 Å². The van der Waals surface area contributed by atoms with E-state index in [1.165, 1.54) is 0 Å². The summed E-state index contributed by atoms with van der Waals surface area (Å²) in [6.45, 7) is 7.05. The fourth-order valence-electron chi connectivity index (χ4n) is 3.94. The zero-order valence-corrected chi connectivity index (χ0v) is 17.8. The van der Waals surface area contributed by atoms with E-state index in [0.717, 1.165) is 25.9 Å². The largest absolute Gasteiger partial charge is 0.372 e. The van der Waals surface area contributed by atoms with Crippen LogP contribution in [0.1, 0.15) is 26.7 Å². The van der Waals surface area contributed by atoms with E-state index in [1.807, 2.05) is 18.7 Å². The Morgan fingerprint density at radius 1 is 1.14 bits per heavy atom. The Morgan fingerprint density at radius 3 is 2.43 bits per heavy atom. The summed E-state index contributed by atoms with van der Waals surface area (Å²) in [4.78, 5) is 29.2. The summed E-state index contributed by atoms with van der Waals surface area (Å²) >= 11 is 12.0. The van der Waals surface area contributed by atoms with Gasteiger partial charge in [-0.25, -0.2) is 0 Å². The van der Waals surface area contributed by atoms with Gasteiger partial charge in [0.05, 0.1) is 29.5 Å². The van der Waals surface area contributed by atoms with Crippen molar-refractivity contribution in [2.24, 2.45) is 5.92 Å². The zero-order valence-electron chi connectivity index (χ0n) is 16.3. The Hall–Kier alpha value is -1.34. The zero-order chi connectivity index (χ0) is 20.3. The third-order valence-electron chi connectivity index (χ3n) is 5.24. The number of morpholine rings is 1. The number of likely N-dealkylation sites (tertiary alicyclic amines) is 1. The van der Waals surface area contributed by atoms with E-state index in [9.17, 15) is 9.59 Å². The van der Waals surface area contributed by atoms with Gasteiger partial charge in [0, 0.05) is 24.0 Å². The van der Waals surface area contributed by atoms with Gasteiger partial charge in [-0.15, -0.1) is 0 Å². The predicted octanol–water partition coefficient (Wildman–Crippen LogP) is 3.28. The molecule has 3 rings (SSSR count). The van der Waals surface area contributed by atoms with Crippen LogP contribution in [0.4, 0.5) is 5.69 Å². The van der Waals surface area contributed by atoms with E-state index in [4.69, 9.17) is 27.9 Å². The first-order chi connectivity index (χ1) is 13.3. The van der Waals surface area contributed by atoms with Crippen LogP contribution in [0.15, 0.2) is 18.2 Å². The van der Waals surface area contributed by atoms with E-state index in [1.54, 1.807) is 18.2 Å². The van der Waals surface area contributed by atoms with Gasteiger partial charge in [-0.1, -0.05) is 23.2 Å². The standard InChI is InChI=1S/C20H27Cl2N3O3/c1-13-10-25(11-14(2)28-13)20(27)15-5-7-24(8-6-15)12-19(26)23-18-9-16(21)3-4-17(18)22/h3-4,9,13-15H,5-8,10-12H2,1-2H3,(H,23,26). The van der Waals surface area contributed by atoms with Gasteiger partial charge in [0.1, 0.15) is 0 Å². The second kappa shape index (κ2) is 9.44. The molecule has 2 heterocycles. The molecule has 2 aliphatic heterocycles. The van der Waals surface area contributed by atoms with Crippen LogP contribution in [0.25, 0.3) is 0 Å². The molecule has 6 nitrogen and oxygen atoms in total. The average molecular weight is 428 g/mol. The first kappa shape index (κ1) is 21.4. The molecule has 2 aliphatic rings. The second-order valence-corrected chi connectivity index (χ2v) is 8.57. The van der Waals surface area contributed by atoms with Crippen molar-refractivity contribution in [3.8, 4) is 0 Å². The molecule has 2 unspecified atom stereocenters. The Morgan fingerprint density at radius 2 is 1.79 bits per heavy atom. The van der Waals surface area contributed by atoms with Crippen molar-refractivity contribution in [3.05, 3.63) is 28.2 Å². The van der Waals surface area contributed by atoms with Crippen molar-refractivity contribution in [2.45, 2.75) is 38.9 Å². The number of anilines is 1. The number of piperidine rings is 1. The van der Waals surface area contributed by atoms with Gasteiger partial charge < -0.3 is 15.0 Å². The highest BCUT2D eigenvalue weighted by Crippen LogP contribution is 2.26. The number of amides is 2. The van der Waals surface area contributed by atoms with E-state index in [2.05, 4.69) is 10.2 Å². The van der Waals surface area contributed by atoms with Gasteiger partial charge in [0.15, 0.2) is 0 Å². The molecule has 0 aromatic heterocycles. The second-order valence-electron chi connectivity index (χ2n) is 7.72. The Bertz CT molecular complexity index is 713. The molecule has 0 saturated carbocycles. The van der Waals surface area contributed by atoms with Crippen LogP contribution < -0.4 is 5.32 Å². The van der Waals surface area contributed by atoms with Crippen LogP contribution in [0.2, 0.25) is 10.0 Å². The lowest BCUT2D eigenvalue weighted by Crippen LogP contribution is -2.51. The lowest BCUT2D eigenvalue weighted by Gasteiger charge is -2.39. The number of carbonyl (C=O) groups excluding carboxylic acids is 2. The monoisotopic (exact) mass is 427 g/mol. The molecule has 0 aliphatic carbocycles. The molecular weight excluding hydrogens is 401 g/mol. The van der Waals surface area contributed by atoms with Gasteiger partial charge in [-0.2, -0.15) is 0 Å². The summed E-state index contributed by atoms with van der Waals surface area (Å²) in [6, 6.07) is 4.97. The number of carbonyl (C=O) groups is 2. The van der Waals surface area contributed by atoms with Crippen LogP contribution in [0, 0.1) is 5.92 Å². The number of nitrogens with one attached hydrogen (secondary N) is 1. The summed E-state index contributed by atoms with van der Waals surface area (Å²) in [5, 5.41) is 3.78. The molecule has 1 aromatic carbocycles. The fourth-order valence-corrected chi connectivity index (χ4v) is 4.28. The van der Waals surface area contributed by atoms with Crippen LogP contribution in [-0.4, -0.2) is 66.5 Å². The van der Waals surface area contributed by atoms with E-state index < -0.39 is 0 Å². The lowest BCUT2D eigenvalue weighted by molar-refractivity contribution is -0.148. The quantitative estimate of drug-likeness (QED) is 0.800. The molecular formula is C20H27Cl2N3O3. The number of rotatable bonds is 4. The van der Waals surface area contributed by atoms with Gasteiger partial charge in [-0.05, 0) is 58.0 Å². The molecule has 0 radical (unpaired) electrons. The maximum atomic E-state index is 12.8. The lowest BCUT2D eigenvalue weighted by atomic mass is 9.94. The van der Waals surface area contributed by atoms with Crippen molar-refractivity contribution in [2.75, 3.05) is 38.0 Å². The van der Waals surface area contributed by atoms with Crippen LogP contribution in [0.3, 0.4) is 0 Å². The van der Waals surface area contributed by atoms with Crippen molar-refractivity contribution in [3.63, 3.8) is 0 Å². The first-order valence-corrected chi connectivity index (χ1v) is 10.5.